The molecule has 4 rings (SSSR count). The van der Waals surface area contributed by atoms with E-state index in [9.17, 15) is 22.8 Å². The second-order valence-corrected chi connectivity index (χ2v) is 10.1. The summed E-state index contributed by atoms with van der Waals surface area (Å²) in [5, 5.41) is 4.13. The molecule has 0 bridgehead atoms. The first-order chi connectivity index (χ1) is 18.2. The van der Waals surface area contributed by atoms with Crippen molar-refractivity contribution < 1.29 is 41.7 Å². The number of aromatic nitrogens is 3. The molecule has 210 valence electrons. The van der Waals surface area contributed by atoms with E-state index >= 15 is 0 Å². The first kappa shape index (κ1) is 28.3. The van der Waals surface area contributed by atoms with E-state index in [1.54, 1.807) is 32.9 Å². The molecular formula is C25H26ClF3N4O6. The Bertz CT molecular complexity index is 1400. The summed E-state index contributed by atoms with van der Waals surface area (Å²) >= 11 is 6.49. The van der Waals surface area contributed by atoms with E-state index in [4.69, 9.17) is 30.5 Å². The van der Waals surface area contributed by atoms with Gasteiger partial charge < -0.3 is 18.9 Å². The fourth-order valence-electron chi connectivity index (χ4n) is 4.12. The fourth-order valence-corrected chi connectivity index (χ4v) is 4.40. The smallest absolute Gasteiger partial charge is 0.435 e. The normalized spacial score (nSPS) is 17.8. The third kappa shape index (κ3) is 5.97. The van der Waals surface area contributed by atoms with E-state index in [1.807, 2.05) is 0 Å². The van der Waals surface area contributed by atoms with Crippen LogP contribution in [-0.4, -0.2) is 70.2 Å². The molecule has 0 saturated carbocycles. The molecule has 2 atom stereocenters. The number of alkyl halides is 3. The number of esters is 1. The minimum atomic E-state index is -4.65. The average Bonchev–Trinajstić information content (AvgIpc) is 3.51. The van der Waals surface area contributed by atoms with Crippen LogP contribution in [0.15, 0.2) is 30.5 Å². The van der Waals surface area contributed by atoms with Gasteiger partial charge in [0.15, 0.2) is 11.5 Å². The van der Waals surface area contributed by atoms with Crippen molar-refractivity contribution in [2.75, 3.05) is 20.8 Å². The Kier molecular flexibility index (Phi) is 7.57. The van der Waals surface area contributed by atoms with Crippen LogP contribution in [0.4, 0.5) is 18.0 Å². The van der Waals surface area contributed by atoms with E-state index in [-0.39, 0.29) is 35.1 Å². The van der Waals surface area contributed by atoms with Crippen LogP contribution in [0, 0.1) is 0 Å². The van der Waals surface area contributed by atoms with Crippen molar-refractivity contribution in [3.8, 4) is 17.3 Å². The maximum Gasteiger partial charge on any atom is 0.435 e. The molecule has 39 heavy (non-hydrogen) atoms. The average molecular weight is 571 g/mol. The summed E-state index contributed by atoms with van der Waals surface area (Å²) < 4.78 is 62.3. The zero-order valence-corrected chi connectivity index (χ0v) is 22.5. The van der Waals surface area contributed by atoms with Crippen molar-refractivity contribution in [2.24, 2.45) is 0 Å². The lowest BCUT2D eigenvalue weighted by molar-refractivity contribution is -0.145. The molecule has 1 amide bonds. The van der Waals surface area contributed by atoms with Gasteiger partial charge in [-0.1, -0.05) is 11.6 Å². The van der Waals surface area contributed by atoms with Crippen molar-refractivity contribution in [2.45, 2.75) is 51.1 Å². The third-order valence-corrected chi connectivity index (χ3v) is 6.19. The molecule has 3 heterocycles. The zero-order valence-electron chi connectivity index (χ0n) is 21.7. The van der Waals surface area contributed by atoms with Crippen molar-refractivity contribution >= 4 is 34.6 Å². The van der Waals surface area contributed by atoms with Gasteiger partial charge >= 0.3 is 18.2 Å². The molecule has 0 N–H and O–H groups in total. The van der Waals surface area contributed by atoms with Crippen molar-refractivity contribution in [3.05, 3.63) is 41.2 Å². The number of pyridine rings is 1. The fraction of sp³-hybridized carbons (Fsp3) is 0.440. The van der Waals surface area contributed by atoms with Gasteiger partial charge in [-0.05, 0) is 39.0 Å². The number of likely N-dealkylation sites (tertiary alicyclic amines) is 1. The van der Waals surface area contributed by atoms with E-state index < -0.39 is 41.7 Å². The number of fused-ring (bicyclic) bond motifs is 1. The van der Waals surface area contributed by atoms with Crippen molar-refractivity contribution in [1.29, 1.82) is 0 Å². The van der Waals surface area contributed by atoms with Crippen molar-refractivity contribution in [1.82, 2.24) is 19.7 Å². The number of benzene rings is 1. The third-order valence-electron chi connectivity index (χ3n) is 5.82. The lowest BCUT2D eigenvalue weighted by Gasteiger charge is -2.27. The molecule has 3 aromatic rings. The van der Waals surface area contributed by atoms with Gasteiger partial charge in [-0.25, -0.2) is 19.3 Å². The molecule has 1 aromatic carbocycles. The number of methoxy groups -OCH3 is 2. The summed E-state index contributed by atoms with van der Waals surface area (Å²) in [6.45, 7) is 5.08. The van der Waals surface area contributed by atoms with Gasteiger partial charge in [-0.15, -0.1) is 0 Å². The molecule has 0 spiro atoms. The Morgan fingerprint density at radius 3 is 2.41 bits per heavy atom. The van der Waals surface area contributed by atoms with Gasteiger partial charge in [0.2, 0.25) is 0 Å². The van der Waals surface area contributed by atoms with Gasteiger partial charge in [-0.2, -0.15) is 18.3 Å². The molecule has 1 aliphatic rings. The van der Waals surface area contributed by atoms with Crippen LogP contribution in [0.5, 0.6) is 11.5 Å². The Labute approximate surface area is 226 Å². The number of ether oxygens (including phenoxy) is 4. The van der Waals surface area contributed by atoms with E-state index in [0.717, 1.165) is 16.9 Å². The summed E-state index contributed by atoms with van der Waals surface area (Å²) in [7, 11) is 2.62. The lowest BCUT2D eigenvalue weighted by Crippen LogP contribution is -2.44. The second kappa shape index (κ2) is 10.4. The maximum absolute atomic E-state index is 13.2. The summed E-state index contributed by atoms with van der Waals surface area (Å²) in [5.41, 5.74) is -1.71. The molecule has 0 unspecified atom stereocenters. The van der Waals surface area contributed by atoms with Gasteiger partial charge in [-0.3, -0.25) is 4.90 Å². The first-order valence-electron chi connectivity index (χ1n) is 11.8. The number of carbonyl (C=O) groups is 2. The van der Waals surface area contributed by atoms with Crippen LogP contribution in [0.1, 0.15) is 32.9 Å². The van der Waals surface area contributed by atoms with Crippen LogP contribution < -0.4 is 9.47 Å². The summed E-state index contributed by atoms with van der Waals surface area (Å²) in [4.78, 5) is 30.9. The number of hydrogen-bond donors (Lipinski definition) is 0. The molecule has 1 fully saturated rings. The first-order valence-corrected chi connectivity index (χ1v) is 12.1. The topological polar surface area (TPSA) is 105 Å². The van der Waals surface area contributed by atoms with Crippen LogP contribution >= 0.6 is 11.6 Å². The second-order valence-electron chi connectivity index (χ2n) is 9.75. The largest absolute Gasteiger partial charge is 0.495 e. The summed E-state index contributed by atoms with van der Waals surface area (Å²) in [5.74, 6) is -0.159. The number of hydrogen-bond acceptors (Lipinski definition) is 8. The Balaban J connectivity index is 1.74. The number of nitrogens with zero attached hydrogens (tertiary/aromatic N) is 4. The van der Waals surface area contributed by atoms with Crippen LogP contribution in [0.3, 0.4) is 0 Å². The molecule has 0 aliphatic carbocycles. The van der Waals surface area contributed by atoms with Gasteiger partial charge in [0.05, 0.1) is 26.3 Å². The molecule has 1 saturated heterocycles. The monoisotopic (exact) mass is 570 g/mol. The van der Waals surface area contributed by atoms with Crippen LogP contribution in [-0.2, 0) is 20.4 Å². The highest BCUT2D eigenvalue weighted by Crippen LogP contribution is 2.38. The quantitative estimate of drug-likeness (QED) is 0.393. The predicted octanol–water partition coefficient (Wildman–Crippen LogP) is 5.03. The molecule has 14 heteroatoms. The van der Waals surface area contributed by atoms with E-state index in [0.29, 0.717) is 11.1 Å². The highest BCUT2D eigenvalue weighted by molar-refractivity contribution is 6.36. The number of rotatable bonds is 5. The molecular weight excluding hydrogens is 545 g/mol. The molecule has 0 radical (unpaired) electrons. The van der Waals surface area contributed by atoms with Gasteiger partial charge in [0, 0.05) is 24.1 Å². The van der Waals surface area contributed by atoms with Gasteiger partial charge in [0.25, 0.3) is 0 Å². The van der Waals surface area contributed by atoms with Crippen LogP contribution in [0.2, 0.25) is 5.02 Å². The van der Waals surface area contributed by atoms with Gasteiger partial charge in [0.1, 0.15) is 34.3 Å². The number of halogens is 4. The standard InChI is InChI=1S/C25H26ClF3N4O6/c1-24(2,3)39-23(35)32-12-13(10-15(32)22(34)37-5)38-17-11-19(33-9-8-18(31-33)25(27,28)29)30-21-14(17)6-7-16(36-4)20(21)26/h6-9,11,13,15H,10,12H2,1-5H3/t13-,15-/m0/s1. The predicted molar refractivity (Wildman–Crippen MR) is 133 cm³/mol. The number of amides is 1. The highest BCUT2D eigenvalue weighted by Gasteiger charge is 2.43. The van der Waals surface area contributed by atoms with Crippen LogP contribution in [0.25, 0.3) is 16.7 Å². The highest BCUT2D eigenvalue weighted by atomic mass is 35.5. The van der Waals surface area contributed by atoms with Crippen molar-refractivity contribution in [3.63, 3.8) is 0 Å². The molecule has 2 aromatic heterocycles. The summed E-state index contributed by atoms with van der Waals surface area (Å²) in [6, 6.07) is 4.48. The Morgan fingerprint density at radius 1 is 1.10 bits per heavy atom. The maximum atomic E-state index is 13.2. The molecule has 1 aliphatic heterocycles. The van der Waals surface area contributed by atoms with E-state index in [1.165, 1.54) is 25.2 Å². The Hall–Kier alpha value is -3.74. The van der Waals surface area contributed by atoms with E-state index in [2.05, 4.69) is 10.1 Å². The Morgan fingerprint density at radius 2 is 1.82 bits per heavy atom. The minimum Gasteiger partial charge on any atom is -0.495 e. The zero-order chi connectivity index (χ0) is 28.7. The lowest BCUT2D eigenvalue weighted by atomic mass is 10.1. The minimum absolute atomic E-state index is 0.00494. The molecule has 10 nitrogen and oxygen atoms in total. The number of carbonyl (C=O) groups excluding carboxylic acids is 2. The summed E-state index contributed by atoms with van der Waals surface area (Å²) in [6.07, 6.45) is -4.88. The SMILES string of the molecule is COC(=O)[C@@H]1C[C@H](Oc2cc(-n3ccc(C(F)(F)F)n3)nc3c(Cl)c(OC)ccc23)CN1C(=O)OC(C)(C)C.